The molecule has 0 aromatic rings. The van der Waals surface area contributed by atoms with Crippen LogP contribution in [0.2, 0.25) is 0 Å². The summed E-state index contributed by atoms with van der Waals surface area (Å²) in [5, 5.41) is 28.4. The molecule has 11 heteroatoms. The van der Waals surface area contributed by atoms with E-state index in [0.717, 1.165) is 37.8 Å². The first kappa shape index (κ1) is 33.3. The maximum atomic E-state index is 11.8. The lowest BCUT2D eigenvalue weighted by atomic mass is 10.00. The molecule has 0 aliphatic heterocycles. The van der Waals surface area contributed by atoms with Gasteiger partial charge in [0.2, 0.25) is 5.76 Å². The van der Waals surface area contributed by atoms with Gasteiger partial charge in [0.05, 0.1) is 0 Å². The minimum Gasteiger partial charge on any atom is -0.478 e. The summed E-state index contributed by atoms with van der Waals surface area (Å²) in [6, 6.07) is 0. The van der Waals surface area contributed by atoms with E-state index in [9.17, 15) is 38.1 Å². The van der Waals surface area contributed by atoms with Crippen LogP contribution in [0.4, 0.5) is 0 Å². The first-order chi connectivity index (χ1) is 16.9. The third-order valence-electron chi connectivity index (χ3n) is 5.42. The number of rotatable bonds is 21. The van der Waals surface area contributed by atoms with Crippen LogP contribution in [0.3, 0.4) is 0 Å². The third-order valence-corrected chi connectivity index (χ3v) is 5.80. The molecule has 4 N–H and O–H groups in total. The summed E-state index contributed by atoms with van der Waals surface area (Å²) in [6.07, 6.45) is 13.8. The Morgan fingerprint density at radius 1 is 0.639 bits per heavy atom. The molecule has 0 aliphatic rings. The Labute approximate surface area is 213 Å². The molecule has 0 spiro atoms. The van der Waals surface area contributed by atoms with Gasteiger partial charge < -0.3 is 19.5 Å². The largest absolute Gasteiger partial charge is 0.478 e. The molecule has 0 saturated carbocycles. The predicted molar refractivity (Wildman–Crippen MR) is 135 cm³/mol. The molecule has 10 nitrogen and oxygen atoms in total. The van der Waals surface area contributed by atoms with Crippen LogP contribution in [0.5, 0.6) is 0 Å². The predicted octanol–water partition coefficient (Wildman–Crippen LogP) is 5.67. The highest BCUT2D eigenvalue weighted by molar-refractivity contribution is 7.81. The average molecular weight is 533 g/mol. The molecule has 0 aliphatic carbocycles. The maximum absolute atomic E-state index is 11.8. The van der Waals surface area contributed by atoms with Gasteiger partial charge in [-0.25, -0.2) is 14.4 Å². The lowest BCUT2D eigenvalue weighted by Crippen LogP contribution is -2.14. The van der Waals surface area contributed by atoms with Crippen molar-refractivity contribution in [2.24, 2.45) is 0 Å². The van der Waals surface area contributed by atoms with Gasteiger partial charge in [-0.2, -0.15) is 8.42 Å². The SMILES string of the molecule is CCCCCCCCCCCCCC(=CC(C=C(CCC)C(=O)O)=C(OS(=O)(=O)O)C(=O)O)C(=O)O. The van der Waals surface area contributed by atoms with E-state index in [1.54, 1.807) is 6.92 Å². The van der Waals surface area contributed by atoms with Gasteiger partial charge in [-0.3, -0.25) is 4.55 Å². The summed E-state index contributed by atoms with van der Waals surface area (Å²) in [5.74, 6) is -5.97. The molecule has 0 heterocycles. The second-order valence-corrected chi connectivity index (χ2v) is 9.61. The van der Waals surface area contributed by atoms with E-state index in [-0.39, 0.29) is 24.0 Å². The third kappa shape index (κ3) is 16.1. The Kier molecular flexibility index (Phi) is 17.2. The molecule has 0 aromatic carbocycles. The standard InChI is InChI=1S/C25H40O10S/c1-3-5-6-7-8-9-10-11-12-13-14-16-20(24(28)29)18-21(17-19(15-4-2)23(26)27)22(25(30)31)35-36(32,33)34/h17-18H,3-16H2,1-2H3,(H,26,27)(H,28,29)(H,30,31)(H,32,33,34). The van der Waals surface area contributed by atoms with Crippen LogP contribution in [0.1, 0.15) is 104 Å². The molecule has 0 aromatic heterocycles. The fourth-order valence-electron chi connectivity index (χ4n) is 3.59. The number of hydrogen-bond donors (Lipinski definition) is 4. The summed E-state index contributed by atoms with van der Waals surface area (Å²) in [6.45, 7) is 3.86. The van der Waals surface area contributed by atoms with Crippen molar-refractivity contribution in [3.05, 3.63) is 34.6 Å². The Morgan fingerprint density at radius 2 is 1.06 bits per heavy atom. The van der Waals surface area contributed by atoms with Crippen molar-refractivity contribution in [1.29, 1.82) is 0 Å². The van der Waals surface area contributed by atoms with Crippen LogP contribution >= 0.6 is 0 Å². The number of hydrogen-bond acceptors (Lipinski definition) is 6. The highest BCUT2D eigenvalue weighted by atomic mass is 32.3. The van der Waals surface area contributed by atoms with Gasteiger partial charge in [0.1, 0.15) is 0 Å². The number of carbonyl (C=O) groups is 3. The fourth-order valence-corrected chi connectivity index (χ4v) is 3.97. The van der Waals surface area contributed by atoms with E-state index < -0.39 is 39.6 Å². The van der Waals surface area contributed by atoms with E-state index in [1.807, 2.05) is 0 Å². The first-order valence-electron chi connectivity index (χ1n) is 12.4. The quantitative estimate of drug-likeness (QED) is 0.0474. The molecule has 0 radical (unpaired) electrons. The maximum Gasteiger partial charge on any atom is 0.446 e. The molecule has 36 heavy (non-hydrogen) atoms. The van der Waals surface area contributed by atoms with Crippen molar-refractivity contribution in [3.63, 3.8) is 0 Å². The van der Waals surface area contributed by atoms with Gasteiger partial charge in [0, 0.05) is 16.7 Å². The van der Waals surface area contributed by atoms with Crippen molar-refractivity contribution < 1.29 is 46.9 Å². The molecular weight excluding hydrogens is 492 g/mol. The van der Waals surface area contributed by atoms with Crippen LogP contribution in [0, 0.1) is 0 Å². The zero-order valence-corrected chi connectivity index (χ0v) is 22.0. The highest BCUT2D eigenvalue weighted by Gasteiger charge is 2.23. The summed E-state index contributed by atoms with van der Waals surface area (Å²) < 4.78 is 35.4. The average Bonchev–Trinajstić information content (AvgIpc) is 2.78. The molecule has 0 saturated heterocycles. The van der Waals surface area contributed by atoms with Crippen LogP contribution in [-0.4, -0.2) is 46.2 Å². The topological polar surface area (TPSA) is 175 Å². The van der Waals surface area contributed by atoms with Crippen LogP contribution in [0.15, 0.2) is 34.6 Å². The number of allylic oxidation sites excluding steroid dienone is 3. The van der Waals surface area contributed by atoms with Crippen LogP contribution in [-0.2, 0) is 29.0 Å². The van der Waals surface area contributed by atoms with Crippen LogP contribution < -0.4 is 0 Å². The normalized spacial score (nSPS) is 13.3. The van der Waals surface area contributed by atoms with E-state index in [0.29, 0.717) is 12.8 Å². The second kappa shape index (κ2) is 18.6. The molecule has 0 bridgehead atoms. The van der Waals surface area contributed by atoms with Crippen molar-refractivity contribution in [3.8, 4) is 0 Å². The van der Waals surface area contributed by atoms with Crippen molar-refractivity contribution in [2.45, 2.75) is 104 Å². The summed E-state index contributed by atoms with van der Waals surface area (Å²) in [5.41, 5.74) is -1.11. The molecular formula is C25H40O10S. The van der Waals surface area contributed by atoms with Crippen LogP contribution in [0.25, 0.3) is 0 Å². The fraction of sp³-hybridized carbons (Fsp3) is 0.640. The molecule has 206 valence electrons. The minimum atomic E-state index is -5.27. The van der Waals surface area contributed by atoms with Gasteiger partial charge >= 0.3 is 28.3 Å². The zero-order chi connectivity index (χ0) is 27.6. The monoisotopic (exact) mass is 532 g/mol. The number of carboxylic acid groups (broad SMARTS) is 3. The highest BCUT2D eigenvalue weighted by Crippen LogP contribution is 2.22. The van der Waals surface area contributed by atoms with Gasteiger partial charge in [0.25, 0.3) is 0 Å². The molecule has 0 rings (SSSR count). The van der Waals surface area contributed by atoms with E-state index >= 15 is 0 Å². The second-order valence-electron chi connectivity index (χ2n) is 8.59. The van der Waals surface area contributed by atoms with E-state index in [2.05, 4.69) is 11.1 Å². The molecule has 0 atom stereocenters. The van der Waals surface area contributed by atoms with Crippen molar-refractivity contribution >= 4 is 28.3 Å². The molecule has 0 fully saturated rings. The Balaban J connectivity index is 5.54. The summed E-state index contributed by atoms with van der Waals surface area (Å²) in [7, 11) is -5.27. The first-order valence-corrected chi connectivity index (χ1v) is 13.8. The van der Waals surface area contributed by atoms with Crippen molar-refractivity contribution in [2.75, 3.05) is 0 Å². The minimum absolute atomic E-state index is 0.00640. The Hall–Kier alpha value is -2.66. The number of aliphatic carboxylic acids is 3. The molecule has 0 amide bonds. The smallest absolute Gasteiger partial charge is 0.446 e. The van der Waals surface area contributed by atoms with Gasteiger partial charge in [0.15, 0.2) is 0 Å². The van der Waals surface area contributed by atoms with Crippen molar-refractivity contribution in [1.82, 2.24) is 0 Å². The Bertz CT molecular complexity index is 913. The van der Waals surface area contributed by atoms with Gasteiger partial charge in [-0.1, -0.05) is 84.5 Å². The van der Waals surface area contributed by atoms with E-state index in [4.69, 9.17) is 4.55 Å². The Morgan fingerprint density at radius 3 is 1.42 bits per heavy atom. The number of unbranched alkanes of at least 4 members (excludes halogenated alkanes) is 10. The lowest BCUT2D eigenvalue weighted by Gasteiger charge is -2.09. The zero-order valence-electron chi connectivity index (χ0n) is 21.2. The van der Waals surface area contributed by atoms with E-state index in [1.165, 1.54) is 38.5 Å². The lowest BCUT2D eigenvalue weighted by molar-refractivity contribution is -0.135. The summed E-state index contributed by atoms with van der Waals surface area (Å²) >= 11 is 0. The van der Waals surface area contributed by atoms with Gasteiger partial charge in [-0.05, 0) is 31.4 Å². The number of carboxylic acids is 3. The summed E-state index contributed by atoms with van der Waals surface area (Å²) in [4.78, 5) is 34.9. The van der Waals surface area contributed by atoms with Gasteiger partial charge in [-0.15, -0.1) is 0 Å². The molecule has 0 unspecified atom stereocenters.